The molecule has 0 unspecified atom stereocenters. The predicted octanol–water partition coefficient (Wildman–Crippen LogP) is 3.61. The van der Waals surface area contributed by atoms with E-state index < -0.39 is 23.3 Å². The first-order chi connectivity index (χ1) is 13.2. The van der Waals surface area contributed by atoms with Gasteiger partial charge in [-0.05, 0) is 32.9 Å². The number of anilines is 1. The highest BCUT2D eigenvalue weighted by Gasteiger charge is 2.25. The van der Waals surface area contributed by atoms with Crippen molar-refractivity contribution < 1.29 is 18.7 Å². The number of ether oxygens (including phenoxy) is 1. The smallest absolute Gasteiger partial charge is 0.357 e. The summed E-state index contributed by atoms with van der Waals surface area (Å²) in [7, 11) is 0. The average molecular weight is 382 g/mol. The number of halogens is 1. The summed E-state index contributed by atoms with van der Waals surface area (Å²) >= 11 is 0. The Bertz CT molecular complexity index is 1010. The van der Waals surface area contributed by atoms with Crippen molar-refractivity contribution in [1.82, 2.24) is 14.8 Å². The summed E-state index contributed by atoms with van der Waals surface area (Å²) in [5.41, 5.74) is 0.143. The van der Waals surface area contributed by atoms with Crippen LogP contribution in [0.5, 0.6) is 0 Å². The summed E-state index contributed by atoms with van der Waals surface area (Å²) in [5, 5.41) is 6.75. The van der Waals surface area contributed by atoms with Gasteiger partial charge in [-0.3, -0.25) is 9.78 Å². The largest absolute Gasteiger partial charge is 0.455 e. The second-order valence-corrected chi connectivity index (χ2v) is 7.01. The van der Waals surface area contributed by atoms with E-state index >= 15 is 0 Å². The maximum atomic E-state index is 13.3. The molecule has 0 radical (unpaired) electrons. The molecule has 28 heavy (non-hydrogen) atoms. The predicted molar refractivity (Wildman–Crippen MR) is 101 cm³/mol. The topological polar surface area (TPSA) is 86.1 Å². The van der Waals surface area contributed by atoms with Crippen LogP contribution in [0.3, 0.4) is 0 Å². The van der Waals surface area contributed by atoms with Crippen molar-refractivity contribution in [2.45, 2.75) is 26.4 Å². The molecule has 144 valence electrons. The Balaban J connectivity index is 1.96. The van der Waals surface area contributed by atoms with Crippen molar-refractivity contribution in [1.29, 1.82) is 0 Å². The van der Waals surface area contributed by atoms with Gasteiger partial charge in [-0.1, -0.05) is 18.2 Å². The van der Waals surface area contributed by atoms with Crippen molar-refractivity contribution in [3.63, 3.8) is 0 Å². The number of pyridine rings is 1. The van der Waals surface area contributed by atoms with Gasteiger partial charge in [0.15, 0.2) is 11.4 Å². The number of nitrogens with one attached hydrogen (secondary N) is 1. The number of para-hydroxylation sites is 1. The fraction of sp³-hybridized carbons (Fsp3) is 0.200. The summed E-state index contributed by atoms with van der Waals surface area (Å²) in [5.74, 6) is -1.80. The highest BCUT2D eigenvalue weighted by Crippen LogP contribution is 2.18. The molecule has 0 fully saturated rings. The van der Waals surface area contributed by atoms with Crippen LogP contribution in [0.1, 0.15) is 41.7 Å². The Hall–Kier alpha value is -3.55. The first-order valence-corrected chi connectivity index (χ1v) is 8.54. The Morgan fingerprint density at radius 1 is 1.11 bits per heavy atom. The minimum atomic E-state index is -0.710. The molecule has 1 amide bonds. The van der Waals surface area contributed by atoms with Gasteiger partial charge in [0.05, 0.1) is 23.8 Å². The molecule has 0 spiro atoms. The second kappa shape index (κ2) is 7.59. The Morgan fingerprint density at radius 2 is 1.82 bits per heavy atom. The van der Waals surface area contributed by atoms with E-state index in [4.69, 9.17) is 4.74 Å². The van der Waals surface area contributed by atoms with Gasteiger partial charge in [-0.2, -0.15) is 5.10 Å². The molecule has 7 nitrogen and oxygen atoms in total. The zero-order valence-corrected chi connectivity index (χ0v) is 15.6. The number of carbonyl (C=O) groups is 2. The third-order valence-electron chi connectivity index (χ3n) is 3.51. The number of rotatable bonds is 4. The number of esters is 1. The molecule has 1 aromatic carbocycles. The summed E-state index contributed by atoms with van der Waals surface area (Å²) < 4.78 is 20.0. The van der Waals surface area contributed by atoms with Gasteiger partial charge < -0.3 is 10.1 Å². The lowest BCUT2D eigenvalue weighted by Gasteiger charge is -2.19. The Kier molecular flexibility index (Phi) is 5.21. The molecule has 0 bridgehead atoms. The van der Waals surface area contributed by atoms with Crippen LogP contribution in [-0.2, 0) is 4.74 Å². The first kappa shape index (κ1) is 19.2. The van der Waals surface area contributed by atoms with Gasteiger partial charge in [0, 0.05) is 12.1 Å². The van der Waals surface area contributed by atoms with Gasteiger partial charge in [-0.25, -0.2) is 13.9 Å². The van der Waals surface area contributed by atoms with Crippen LogP contribution in [0.15, 0.2) is 54.9 Å². The van der Waals surface area contributed by atoms with E-state index in [1.54, 1.807) is 45.0 Å². The van der Waals surface area contributed by atoms with Crippen molar-refractivity contribution in [2.75, 3.05) is 5.32 Å². The Morgan fingerprint density at radius 3 is 2.46 bits per heavy atom. The third kappa shape index (κ3) is 4.59. The molecular weight excluding hydrogens is 363 g/mol. The van der Waals surface area contributed by atoms with E-state index in [0.29, 0.717) is 5.69 Å². The normalized spacial score (nSPS) is 11.1. The average Bonchev–Trinajstić information content (AvgIpc) is 3.07. The van der Waals surface area contributed by atoms with E-state index in [0.717, 1.165) is 12.3 Å². The molecule has 0 saturated carbocycles. The van der Waals surface area contributed by atoms with Crippen molar-refractivity contribution in [2.24, 2.45) is 0 Å². The summed E-state index contributed by atoms with van der Waals surface area (Å²) in [6, 6.07) is 11.4. The molecule has 2 aromatic heterocycles. The fourth-order valence-electron chi connectivity index (χ4n) is 2.41. The van der Waals surface area contributed by atoms with Crippen LogP contribution in [0.2, 0.25) is 0 Å². The summed E-state index contributed by atoms with van der Waals surface area (Å²) in [6.45, 7) is 5.25. The monoisotopic (exact) mass is 382 g/mol. The lowest BCUT2D eigenvalue weighted by molar-refractivity contribution is 0.00593. The quantitative estimate of drug-likeness (QED) is 0.697. The molecule has 0 aliphatic heterocycles. The molecule has 0 atom stereocenters. The molecule has 0 saturated heterocycles. The zero-order valence-electron chi connectivity index (χ0n) is 15.6. The number of hydrogen-bond acceptors (Lipinski definition) is 5. The minimum Gasteiger partial charge on any atom is -0.455 e. The molecule has 1 N–H and O–H groups in total. The van der Waals surface area contributed by atoms with Gasteiger partial charge in [0.1, 0.15) is 11.4 Å². The van der Waals surface area contributed by atoms with E-state index in [1.807, 2.05) is 6.07 Å². The molecule has 8 heteroatoms. The van der Waals surface area contributed by atoms with Crippen LogP contribution in [0.4, 0.5) is 10.1 Å². The van der Waals surface area contributed by atoms with Gasteiger partial charge in [0.2, 0.25) is 0 Å². The molecule has 3 rings (SSSR count). The molecule has 0 aliphatic rings. The number of hydrogen-bond donors (Lipinski definition) is 1. The van der Waals surface area contributed by atoms with Crippen LogP contribution in [-0.4, -0.2) is 32.2 Å². The summed E-state index contributed by atoms with van der Waals surface area (Å²) in [4.78, 5) is 28.8. The van der Waals surface area contributed by atoms with Crippen molar-refractivity contribution in [3.05, 3.63) is 72.1 Å². The minimum absolute atomic E-state index is 0.0195. The van der Waals surface area contributed by atoms with E-state index in [-0.39, 0.29) is 17.1 Å². The SMILES string of the molecule is CC(C)(C)OC(=O)c1cc(C(=O)Nc2cncc(F)c2)nn1-c1ccccc1. The van der Waals surface area contributed by atoms with Crippen LogP contribution >= 0.6 is 0 Å². The molecule has 0 aliphatic carbocycles. The van der Waals surface area contributed by atoms with Gasteiger partial charge in [-0.15, -0.1) is 0 Å². The molecule has 2 heterocycles. The van der Waals surface area contributed by atoms with Crippen molar-refractivity contribution in [3.8, 4) is 5.69 Å². The van der Waals surface area contributed by atoms with Gasteiger partial charge >= 0.3 is 5.97 Å². The lowest BCUT2D eigenvalue weighted by Crippen LogP contribution is -2.25. The second-order valence-electron chi connectivity index (χ2n) is 7.01. The first-order valence-electron chi connectivity index (χ1n) is 8.54. The number of carbonyl (C=O) groups excluding carboxylic acids is 2. The van der Waals surface area contributed by atoms with E-state index in [9.17, 15) is 14.0 Å². The number of aromatic nitrogens is 3. The molecular formula is C20H19FN4O3. The van der Waals surface area contributed by atoms with E-state index in [1.165, 1.54) is 16.9 Å². The van der Waals surface area contributed by atoms with Crippen LogP contribution in [0.25, 0.3) is 5.69 Å². The highest BCUT2D eigenvalue weighted by molar-refractivity contribution is 6.04. The number of nitrogens with zero attached hydrogens (tertiary/aromatic N) is 3. The van der Waals surface area contributed by atoms with Gasteiger partial charge in [0.25, 0.3) is 5.91 Å². The standard InChI is InChI=1S/C20H19FN4O3/c1-20(2,3)28-19(27)17-10-16(24-25(17)15-7-5-4-6-8-15)18(26)23-14-9-13(21)11-22-12-14/h4-12H,1-3H3,(H,23,26). The maximum absolute atomic E-state index is 13.3. The maximum Gasteiger partial charge on any atom is 0.357 e. The highest BCUT2D eigenvalue weighted by atomic mass is 19.1. The van der Waals surface area contributed by atoms with Crippen LogP contribution < -0.4 is 5.32 Å². The van der Waals surface area contributed by atoms with Crippen LogP contribution in [0, 0.1) is 5.82 Å². The van der Waals surface area contributed by atoms with Crippen molar-refractivity contribution >= 4 is 17.6 Å². The fourth-order valence-corrected chi connectivity index (χ4v) is 2.41. The Labute approximate surface area is 161 Å². The molecule has 3 aromatic rings. The zero-order chi connectivity index (χ0) is 20.3. The summed E-state index contributed by atoms with van der Waals surface area (Å²) in [6.07, 6.45) is 2.34. The lowest BCUT2D eigenvalue weighted by atomic mass is 10.2. The number of amides is 1. The number of benzene rings is 1. The van der Waals surface area contributed by atoms with E-state index in [2.05, 4.69) is 15.4 Å². The third-order valence-corrected chi connectivity index (χ3v) is 3.51.